The van der Waals surface area contributed by atoms with Crippen molar-refractivity contribution in [3.63, 3.8) is 0 Å². The van der Waals surface area contributed by atoms with Gasteiger partial charge in [0.25, 0.3) is 5.56 Å². The Hall–Kier alpha value is -2.17. The van der Waals surface area contributed by atoms with Crippen LogP contribution in [0.15, 0.2) is 29.2 Å². The van der Waals surface area contributed by atoms with Crippen molar-refractivity contribution in [1.82, 2.24) is 14.9 Å². The lowest BCUT2D eigenvalue weighted by Gasteiger charge is -2.34. The second-order valence-corrected chi connectivity index (χ2v) is 6.60. The number of carbonyl (C=O) groups is 1. The highest BCUT2D eigenvalue weighted by atomic mass is 16.2. The first-order valence-electron chi connectivity index (χ1n) is 8.90. The van der Waals surface area contributed by atoms with E-state index in [1.807, 2.05) is 11.0 Å². The van der Waals surface area contributed by atoms with E-state index < -0.39 is 0 Å². The summed E-state index contributed by atoms with van der Waals surface area (Å²) >= 11 is 0. The van der Waals surface area contributed by atoms with E-state index in [-0.39, 0.29) is 23.3 Å². The Labute approximate surface area is 142 Å². The van der Waals surface area contributed by atoms with E-state index in [9.17, 15) is 9.59 Å². The van der Waals surface area contributed by atoms with Gasteiger partial charge in [0.05, 0.1) is 10.9 Å². The lowest BCUT2D eigenvalue weighted by atomic mass is 9.91. The molecule has 0 aliphatic carbocycles. The lowest BCUT2D eigenvalue weighted by Crippen LogP contribution is -2.41. The predicted molar refractivity (Wildman–Crippen MR) is 95.0 cm³/mol. The summed E-state index contributed by atoms with van der Waals surface area (Å²) in [6.07, 6.45) is 5.29. The van der Waals surface area contributed by atoms with Gasteiger partial charge in [-0.2, -0.15) is 0 Å². The van der Waals surface area contributed by atoms with Crippen LogP contribution in [-0.4, -0.2) is 33.9 Å². The number of fused-ring (bicyclic) bond motifs is 1. The largest absolute Gasteiger partial charge is 0.342 e. The molecule has 0 atom stereocenters. The summed E-state index contributed by atoms with van der Waals surface area (Å²) in [7, 11) is 0. The van der Waals surface area contributed by atoms with Gasteiger partial charge in [-0.05, 0) is 43.9 Å². The number of likely N-dealkylation sites (tertiary alicyclic amines) is 1. The molecule has 128 valence electrons. The number of pyridine rings is 2. The third-order valence-electron chi connectivity index (χ3n) is 5.21. The van der Waals surface area contributed by atoms with E-state index in [2.05, 4.69) is 23.8 Å². The number of piperidine rings is 1. The van der Waals surface area contributed by atoms with Crippen LogP contribution >= 0.6 is 0 Å². The summed E-state index contributed by atoms with van der Waals surface area (Å²) in [6, 6.07) is 5.56. The van der Waals surface area contributed by atoms with Crippen molar-refractivity contribution in [2.45, 2.75) is 45.4 Å². The van der Waals surface area contributed by atoms with Crippen molar-refractivity contribution >= 4 is 16.8 Å². The van der Waals surface area contributed by atoms with Gasteiger partial charge < -0.3 is 9.88 Å². The van der Waals surface area contributed by atoms with Crippen LogP contribution in [0, 0.1) is 5.92 Å². The van der Waals surface area contributed by atoms with E-state index >= 15 is 0 Å². The molecule has 0 radical (unpaired) electrons. The highest BCUT2D eigenvalue weighted by Crippen LogP contribution is 2.28. The standard InChI is InChI=1S/C19H25N3O2/c1-3-13(4-2)19(24)22-10-7-14(8-11-22)16-12-17-15(18(23)21-16)6-5-9-20-17/h5-6,9,12-14H,3-4,7-8,10-11H2,1-2H3,(H,21,23). The third-order valence-corrected chi connectivity index (χ3v) is 5.21. The Morgan fingerprint density at radius 2 is 2.04 bits per heavy atom. The highest BCUT2D eigenvalue weighted by molar-refractivity contribution is 5.79. The van der Waals surface area contributed by atoms with E-state index in [1.54, 1.807) is 18.3 Å². The molecule has 2 aromatic heterocycles. The van der Waals surface area contributed by atoms with Gasteiger partial charge >= 0.3 is 0 Å². The molecule has 1 saturated heterocycles. The average molecular weight is 327 g/mol. The zero-order valence-corrected chi connectivity index (χ0v) is 14.4. The van der Waals surface area contributed by atoms with Crippen LogP contribution in [0.2, 0.25) is 0 Å². The number of hydrogen-bond acceptors (Lipinski definition) is 3. The van der Waals surface area contributed by atoms with Gasteiger partial charge in [0.1, 0.15) is 0 Å². The summed E-state index contributed by atoms with van der Waals surface area (Å²) < 4.78 is 0. The molecule has 3 rings (SSSR count). The fourth-order valence-electron chi connectivity index (χ4n) is 3.63. The number of nitrogens with one attached hydrogen (secondary N) is 1. The van der Waals surface area contributed by atoms with Crippen LogP contribution < -0.4 is 5.56 Å². The Balaban J connectivity index is 1.73. The summed E-state index contributed by atoms with van der Waals surface area (Å²) in [4.78, 5) is 34.0. The topological polar surface area (TPSA) is 66.1 Å². The number of carbonyl (C=O) groups excluding carboxylic acids is 1. The molecule has 3 heterocycles. The average Bonchev–Trinajstić information content (AvgIpc) is 2.63. The zero-order chi connectivity index (χ0) is 17.1. The molecule has 0 unspecified atom stereocenters. The van der Waals surface area contributed by atoms with Gasteiger partial charge in [-0.15, -0.1) is 0 Å². The molecule has 2 aromatic rings. The van der Waals surface area contributed by atoms with Crippen molar-refractivity contribution < 1.29 is 4.79 Å². The van der Waals surface area contributed by atoms with Crippen molar-refractivity contribution in [3.05, 3.63) is 40.4 Å². The second kappa shape index (κ2) is 7.16. The van der Waals surface area contributed by atoms with E-state index in [0.29, 0.717) is 5.39 Å². The van der Waals surface area contributed by atoms with Crippen LogP contribution in [0.5, 0.6) is 0 Å². The SMILES string of the molecule is CCC(CC)C(=O)N1CCC(c2cc3ncccc3c(=O)[nH]2)CC1. The van der Waals surface area contributed by atoms with Crippen LogP contribution in [0.4, 0.5) is 0 Å². The molecule has 0 saturated carbocycles. The molecule has 1 N–H and O–H groups in total. The van der Waals surface area contributed by atoms with Gasteiger partial charge in [-0.1, -0.05) is 13.8 Å². The zero-order valence-electron chi connectivity index (χ0n) is 14.4. The Bertz CT molecular complexity index is 772. The molecule has 5 nitrogen and oxygen atoms in total. The molecule has 1 fully saturated rings. The maximum absolute atomic E-state index is 12.5. The smallest absolute Gasteiger partial charge is 0.257 e. The maximum atomic E-state index is 12.5. The van der Waals surface area contributed by atoms with E-state index in [1.165, 1.54) is 0 Å². The quantitative estimate of drug-likeness (QED) is 0.938. The first-order valence-corrected chi connectivity index (χ1v) is 8.90. The van der Waals surface area contributed by atoms with Gasteiger partial charge in [-0.25, -0.2) is 0 Å². The number of aromatic amines is 1. The molecule has 1 aliphatic heterocycles. The number of aromatic nitrogens is 2. The summed E-state index contributed by atoms with van der Waals surface area (Å²) in [5.74, 6) is 0.716. The molecule has 24 heavy (non-hydrogen) atoms. The molecule has 5 heteroatoms. The number of hydrogen-bond donors (Lipinski definition) is 1. The number of nitrogens with zero attached hydrogens (tertiary/aromatic N) is 2. The molecule has 1 amide bonds. The van der Waals surface area contributed by atoms with E-state index in [0.717, 1.165) is 50.0 Å². The second-order valence-electron chi connectivity index (χ2n) is 6.60. The first kappa shape index (κ1) is 16.7. The molecular formula is C19H25N3O2. The minimum atomic E-state index is -0.0777. The number of rotatable bonds is 4. The fraction of sp³-hybridized carbons (Fsp3) is 0.526. The van der Waals surface area contributed by atoms with Crippen LogP contribution in [0.25, 0.3) is 10.9 Å². The van der Waals surface area contributed by atoms with Crippen LogP contribution in [0.3, 0.4) is 0 Å². The van der Waals surface area contributed by atoms with Crippen molar-refractivity contribution in [2.75, 3.05) is 13.1 Å². The minimum Gasteiger partial charge on any atom is -0.342 e. The molecule has 0 aromatic carbocycles. The molecule has 0 bridgehead atoms. The van der Waals surface area contributed by atoms with Crippen molar-refractivity contribution in [1.29, 1.82) is 0 Å². The van der Waals surface area contributed by atoms with Crippen LogP contribution in [-0.2, 0) is 4.79 Å². The predicted octanol–water partition coefficient (Wildman–Crippen LogP) is 3.07. The first-order chi connectivity index (χ1) is 11.6. The monoisotopic (exact) mass is 327 g/mol. The Kier molecular flexibility index (Phi) is 4.97. The van der Waals surface area contributed by atoms with E-state index in [4.69, 9.17) is 0 Å². The third kappa shape index (κ3) is 3.21. The lowest BCUT2D eigenvalue weighted by molar-refractivity contribution is -0.136. The molecule has 1 aliphatic rings. The van der Waals surface area contributed by atoms with Gasteiger partial charge in [0.2, 0.25) is 5.91 Å². The Morgan fingerprint density at radius 1 is 1.33 bits per heavy atom. The summed E-state index contributed by atoms with van der Waals surface area (Å²) in [5, 5.41) is 0.627. The van der Waals surface area contributed by atoms with Gasteiger partial charge in [0.15, 0.2) is 0 Å². The minimum absolute atomic E-state index is 0.0777. The normalized spacial score (nSPS) is 16.0. The van der Waals surface area contributed by atoms with Crippen molar-refractivity contribution in [2.24, 2.45) is 5.92 Å². The fourth-order valence-corrected chi connectivity index (χ4v) is 3.63. The van der Waals surface area contributed by atoms with Crippen LogP contribution in [0.1, 0.15) is 51.1 Å². The number of H-pyrrole nitrogens is 1. The van der Waals surface area contributed by atoms with Gasteiger partial charge in [0, 0.05) is 36.8 Å². The maximum Gasteiger partial charge on any atom is 0.257 e. The molecular weight excluding hydrogens is 302 g/mol. The highest BCUT2D eigenvalue weighted by Gasteiger charge is 2.27. The summed E-state index contributed by atoms with van der Waals surface area (Å²) in [5.41, 5.74) is 1.61. The van der Waals surface area contributed by atoms with Crippen molar-refractivity contribution in [3.8, 4) is 0 Å². The summed E-state index contributed by atoms with van der Waals surface area (Å²) in [6.45, 7) is 5.68. The number of amides is 1. The Morgan fingerprint density at radius 3 is 2.71 bits per heavy atom. The van der Waals surface area contributed by atoms with Gasteiger partial charge in [-0.3, -0.25) is 14.6 Å². The molecule has 0 spiro atoms.